The Morgan fingerprint density at radius 2 is 1.85 bits per heavy atom. The molecular weight excluding hydrogens is 525 g/mol. The summed E-state index contributed by atoms with van der Waals surface area (Å²) in [5.74, 6) is 5.45. The zero-order valence-corrected chi connectivity index (χ0v) is 27.0. The monoisotopic (exact) mass is 567 g/mol. The van der Waals surface area contributed by atoms with Gasteiger partial charge in [0.2, 0.25) is 5.91 Å². The first kappa shape index (κ1) is 32.6. The van der Waals surface area contributed by atoms with E-state index in [0.29, 0.717) is 55.4 Å². The van der Waals surface area contributed by atoms with E-state index >= 15 is 0 Å². The number of nitrogens with zero attached hydrogens (tertiary/aromatic N) is 1. The third-order valence-electron chi connectivity index (χ3n) is 8.05. The molecule has 1 aliphatic heterocycles. The number of rotatable bonds is 7. The van der Waals surface area contributed by atoms with Gasteiger partial charge in [-0.2, -0.15) is 0 Å². The average Bonchev–Trinajstić information content (AvgIpc) is 3.53. The minimum atomic E-state index is -1.29. The van der Waals surface area contributed by atoms with E-state index < -0.39 is 11.6 Å². The fraction of sp³-hybridized carbons (Fsp3) is 0.733. The Kier molecular flexibility index (Phi) is 11.6. The van der Waals surface area contributed by atoms with E-state index in [0.717, 1.165) is 43.4 Å². The van der Waals surface area contributed by atoms with Gasteiger partial charge in [0.25, 0.3) is 0 Å². The number of amides is 1. The van der Waals surface area contributed by atoms with Crippen LogP contribution in [0.4, 0.5) is 5.69 Å². The van der Waals surface area contributed by atoms with Gasteiger partial charge in [0.1, 0.15) is 0 Å². The standard InChI is InChI=1S/C30H43NO6S.Na/c1-20-5-7-21(8-6-20)27(32)31(25-17-24(11-13-29(2,3)4)38-26(25)28(33)34)22-9-14-30(35,15-10-22)19-37-23-12-16-36-18-23;/h17,20-23,35H,5-10,12,14-16,18-19H2,1-4H3,(H,33,34);/q;+1/p-1/t20?,21?,22?,23-,30?;/m0./s1. The molecule has 1 atom stereocenters. The second-order valence-electron chi connectivity index (χ2n) is 12.5. The molecule has 3 fully saturated rings. The van der Waals surface area contributed by atoms with E-state index in [1.807, 2.05) is 20.8 Å². The van der Waals surface area contributed by atoms with Crippen molar-refractivity contribution in [1.29, 1.82) is 0 Å². The van der Waals surface area contributed by atoms with E-state index in [2.05, 4.69) is 18.8 Å². The fourth-order valence-corrected chi connectivity index (χ4v) is 6.51. The van der Waals surface area contributed by atoms with Crippen LogP contribution < -0.4 is 39.6 Å². The van der Waals surface area contributed by atoms with Crippen LogP contribution in [0.15, 0.2) is 6.07 Å². The summed E-state index contributed by atoms with van der Waals surface area (Å²) in [4.78, 5) is 28.7. The molecule has 2 heterocycles. The second kappa shape index (κ2) is 13.8. The SMILES string of the molecule is CC1CCC(C(=O)N(c2cc(C#CC(C)(C)C)sc2C(=O)[O-])C2CCC(O)(CO[C@H]3CCOC3)CC2)CC1.[Na+]. The quantitative estimate of drug-likeness (QED) is 0.392. The number of aliphatic hydroxyl groups is 1. The van der Waals surface area contributed by atoms with Crippen LogP contribution in [0.25, 0.3) is 0 Å². The molecule has 210 valence electrons. The number of carbonyl (C=O) groups excluding carboxylic acids is 2. The van der Waals surface area contributed by atoms with Crippen LogP contribution in [-0.2, 0) is 14.3 Å². The number of thiophene rings is 1. The number of carbonyl (C=O) groups is 2. The summed E-state index contributed by atoms with van der Waals surface area (Å²) in [6.45, 7) is 9.71. The van der Waals surface area contributed by atoms with Crippen LogP contribution in [0.2, 0.25) is 0 Å². The Hall–Kier alpha value is -0.920. The molecule has 0 aromatic carbocycles. The second-order valence-corrected chi connectivity index (χ2v) is 13.6. The number of hydrogen-bond donors (Lipinski definition) is 1. The predicted molar refractivity (Wildman–Crippen MR) is 146 cm³/mol. The van der Waals surface area contributed by atoms with E-state index in [1.54, 1.807) is 11.0 Å². The van der Waals surface area contributed by atoms with Crippen molar-refractivity contribution in [3.05, 3.63) is 15.8 Å². The van der Waals surface area contributed by atoms with Gasteiger partial charge in [0.05, 0.1) is 46.3 Å². The van der Waals surface area contributed by atoms with Crippen molar-refractivity contribution in [2.45, 2.75) is 103 Å². The molecule has 1 amide bonds. The minimum Gasteiger partial charge on any atom is -0.544 e. The number of carboxylic acids is 1. The van der Waals surface area contributed by atoms with Crippen molar-refractivity contribution in [3.63, 3.8) is 0 Å². The van der Waals surface area contributed by atoms with Crippen LogP contribution in [0.3, 0.4) is 0 Å². The molecule has 7 nitrogen and oxygen atoms in total. The predicted octanol–water partition coefficient (Wildman–Crippen LogP) is 1.15. The average molecular weight is 568 g/mol. The normalized spacial score (nSPS) is 29.2. The Balaban J connectivity index is 0.00000420. The van der Waals surface area contributed by atoms with Gasteiger partial charge < -0.3 is 29.4 Å². The molecule has 39 heavy (non-hydrogen) atoms. The van der Waals surface area contributed by atoms with E-state index in [4.69, 9.17) is 9.47 Å². The molecule has 0 bridgehead atoms. The zero-order valence-electron chi connectivity index (χ0n) is 24.2. The summed E-state index contributed by atoms with van der Waals surface area (Å²) < 4.78 is 11.3. The molecule has 0 unspecified atom stereocenters. The number of aromatic carboxylic acids is 1. The van der Waals surface area contributed by atoms with Gasteiger partial charge >= 0.3 is 29.6 Å². The van der Waals surface area contributed by atoms with Gasteiger partial charge in [-0.05, 0) is 90.5 Å². The number of carboxylic acid groups (broad SMARTS) is 1. The van der Waals surface area contributed by atoms with E-state index in [1.165, 1.54) is 0 Å². The summed E-state index contributed by atoms with van der Waals surface area (Å²) >= 11 is 1.08. The Labute approximate surface area is 259 Å². The topological polar surface area (TPSA) is 99.1 Å². The number of ether oxygens (including phenoxy) is 2. The van der Waals surface area contributed by atoms with Crippen LogP contribution in [0.5, 0.6) is 0 Å². The molecule has 1 aromatic rings. The van der Waals surface area contributed by atoms with Crippen molar-refractivity contribution in [3.8, 4) is 11.8 Å². The van der Waals surface area contributed by atoms with Crippen molar-refractivity contribution >= 4 is 28.9 Å². The molecule has 1 aromatic heterocycles. The van der Waals surface area contributed by atoms with Crippen LogP contribution >= 0.6 is 11.3 Å². The Bertz CT molecular complexity index is 1050. The molecule has 9 heteroatoms. The first-order valence-electron chi connectivity index (χ1n) is 14.1. The van der Waals surface area contributed by atoms with Crippen LogP contribution in [0.1, 0.15) is 100 Å². The Morgan fingerprint density at radius 1 is 1.18 bits per heavy atom. The molecule has 2 aliphatic carbocycles. The van der Waals surface area contributed by atoms with Crippen molar-refractivity contribution in [2.75, 3.05) is 24.7 Å². The summed E-state index contributed by atoms with van der Waals surface area (Å²) in [6, 6.07) is 1.55. The summed E-state index contributed by atoms with van der Waals surface area (Å²) in [5, 5.41) is 23.4. The number of anilines is 1. The van der Waals surface area contributed by atoms with Crippen molar-refractivity contribution < 1.29 is 58.8 Å². The summed E-state index contributed by atoms with van der Waals surface area (Å²) in [5.41, 5.74) is -0.796. The molecule has 4 rings (SSSR count). The van der Waals surface area contributed by atoms with Gasteiger partial charge in [-0.1, -0.05) is 18.8 Å². The smallest absolute Gasteiger partial charge is 0.544 e. The van der Waals surface area contributed by atoms with Crippen LogP contribution in [-0.4, -0.2) is 54.6 Å². The minimum absolute atomic E-state index is 0. The molecule has 0 radical (unpaired) electrons. The zero-order chi connectivity index (χ0) is 27.5. The maximum absolute atomic E-state index is 14.0. The molecule has 1 N–H and O–H groups in total. The summed E-state index contributed by atoms with van der Waals surface area (Å²) in [7, 11) is 0. The molecule has 0 spiro atoms. The van der Waals surface area contributed by atoms with Gasteiger partial charge in [-0.25, -0.2) is 0 Å². The third kappa shape index (κ3) is 8.78. The van der Waals surface area contributed by atoms with Gasteiger partial charge in [-0.3, -0.25) is 4.79 Å². The molecule has 1 saturated heterocycles. The first-order valence-corrected chi connectivity index (χ1v) is 14.9. The largest absolute Gasteiger partial charge is 1.00 e. The van der Waals surface area contributed by atoms with Gasteiger partial charge in [-0.15, -0.1) is 11.3 Å². The Morgan fingerprint density at radius 3 is 2.41 bits per heavy atom. The third-order valence-corrected chi connectivity index (χ3v) is 9.07. The summed E-state index contributed by atoms with van der Waals surface area (Å²) in [6.07, 6.45) is 6.59. The molecule has 2 saturated carbocycles. The van der Waals surface area contributed by atoms with Gasteiger partial charge in [0.15, 0.2) is 0 Å². The van der Waals surface area contributed by atoms with E-state index in [9.17, 15) is 19.8 Å². The fourth-order valence-electron chi connectivity index (χ4n) is 5.68. The van der Waals surface area contributed by atoms with Crippen molar-refractivity contribution in [2.24, 2.45) is 17.3 Å². The maximum atomic E-state index is 14.0. The molecular formula is C30H42NNaO6S. The van der Waals surface area contributed by atoms with Crippen LogP contribution in [0, 0.1) is 29.1 Å². The maximum Gasteiger partial charge on any atom is 1.00 e. The van der Waals surface area contributed by atoms with Gasteiger partial charge in [0, 0.05) is 24.0 Å². The van der Waals surface area contributed by atoms with Crippen molar-refractivity contribution in [1.82, 2.24) is 0 Å². The first-order chi connectivity index (χ1) is 17.9. The molecule has 3 aliphatic rings. The van der Waals surface area contributed by atoms with E-state index in [-0.39, 0.29) is 70.4 Å². The number of hydrogen-bond acceptors (Lipinski definition) is 7.